The monoisotopic (exact) mass is 256 g/mol. The molecule has 1 spiro atoms. The summed E-state index contributed by atoms with van der Waals surface area (Å²) in [6.07, 6.45) is 5.58. The number of rotatable bonds is 5. The summed E-state index contributed by atoms with van der Waals surface area (Å²) in [5, 5.41) is 0. The van der Waals surface area contributed by atoms with Gasteiger partial charge >= 0.3 is 0 Å². The third-order valence-corrected chi connectivity index (χ3v) is 4.17. The Labute approximate surface area is 111 Å². The Balaban J connectivity index is 1.74. The largest absolute Gasteiger partial charge is 0.380 e. The lowest BCUT2D eigenvalue weighted by Gasteiger charge is -2.46. The lowest BCUT2D eigenvalue weighted by atomic mass is 9.81. The van der Waals surface area contributed by atoms with Crippen LogP contribution in [0.2, 0.25) is 0 Å². The van der Waals surface area contributed by atoms with Gasteiger partial charge in [-0.3, -0.25) is 4.90 Å². The van der Waals surface area contributed by atoms with Gasteiger partial charge in [0, 0.05) is 32.3 Å². The highest BCUT2D eigenvalue weighted by atomic mass is 16.5. The Morgan fingerprint density at radius 2 is 2.11 bits per heavy atom. The molecule has 1 aliphatic heterocycles. The van der Waals surface area contributed by atoms with Crippen LogP contribution in [0.1, 0.15) is 39.0 Å². The normalized spacial score (nSPS) is 34.0. The van der Waals surface area contributed by atoms with Gasteiger partial charge in [-0.25, -0.2) is 0 Å². The maximum atomic E-state index is 6.07. The third-order valence-electron chi connectivity index (χ3n) is 4.17. The number of hydrogen-bond donors (Lipinski definition) is 1. The fraction of sp³-hybridized carbons (Fsp3) is 1.00. The average molecular weight is 256 g/mol. The average Bonchev–Trinajstić information content (AvgIpc) is 2.39. The van der Waals surface area contributed by atoms with Gasteiger partial charge in [-0.05, 0) is 32.1 Å². The SMILES string of the molecule is CCCOCCN1CCOC2(CCC(N)CC2)C1. The summed E-state index contributed by atoms with van der Waals surface area (Å²) in [6.45, 7) is 7.89. The lowest BCUT2D eigenvalue weighted by Crippen LogP contribution is -2.55. The van der Waals surface area contributed by atoms with Crippen LogP contribution in [0.5, 0.6) is 0 Å². The zero-order chi connectivity index (χ0) is 12.8. The van der Waals surface area contributed by atoms with Crippen LogP contribution in [0.25, 0.3) is 0 Å². The summed E-state index contributed by atoms with van der Waals surface area (Å²) in [6, 6.07) is 0.391. The van der Waals surface area contributed by atoms with E-state index in [0.717, 1.165) is 71.6 Å². The van der Waals surface area contributed by atoms with Crippen molar-refractivity contribution in [1.82, 2.24) is 4.90 Å². The molecule has 18 heavy (non-hydrogen) atoms. The first-order valence-electron chi connectivity index (χ1n) is 7.44. The first-order valence-corrected chi connectivity index (χ1v) is 7.44. The molecule has 1 heterocycles. The van der Waals surface area contributed by atoms with Crippen LogP contribution in [-0.4, -0.2) is 56.0 Å². The van der Waals surface area contributed by atoms with Crippen LogP contribution in [0.3, 0.4) is 0 Å². The van der Waals surface area contributed by atoms with E-state index in [9.17, 15) is 0 Å². The highest BCUT2D eigenvalue weighted by molar-refractivity contribution is 4.93. The Morgan fingerprint density at radius 1 is 1.33 bits per heavy atom. The van der Waals surface area contributed by atoms with Crippen molar-refractivity contribution in [2.75, 3.05) is 39.5 Å². The van der Waals surface area contributed by atoms with Gasteiger partial charge in [0.15, 0.2) is 0 Å². The molecule has 0 aromatic carbocycles. The Kier molecular flexibility index (Phi) is 5.42. The van der Waals surface area contributed by atoms with Gasteiger partial charge in [0.05, 0.1) is 18.8 Å². The molecule has 0 aromatic rings. The van der Waals surface area contributed by atoms with Gasteiger partial charge in [-0.2, -0.15) is 0 Å². The molecule has 0 radical (unpaired) electrons. The molecule has 2 aliphatic rings. The van der Waals surface area contributed by atoms with E-state index in [4.69, 9.17) is 15.2 Å². The molecule has 0 atom stereocenters. The second-order valence-corrected chi connectivity index (χ2v) is 5.76. The smallest absolute Gasteiger partial charge is 0.0810 e. The van der Waals surface area contributed by atoms with Crippen molar-refractivity contribution in [2.45, 2.75) is 50.7 Å². The number of hydrogen-bond acceptors (Lipinski definition) is 4. The first-order chi connectivity index (χ1) is 8.74. The topological polar surface area (TPSA) is 47.7 Å². The van der Waals surface area contributed by atoms with E-state index < -0.39 is 0 Å². The maximum absolute atomic E-state index is 6.07. The van der Waals surface area contributed by atoms with Crippen molar-refractivity contribution in [2.24, 2.45) is 5.73 Å². The van der Waals surface area contributed by atoms with Crippen molar-refractivity contribution in [3.05, 3.63) is 0 Å². The van der Waals surface area contributed by atoms with E-state index in [-0.39, 0.29) is 5.60 Å². The van der Waals surface area contributed by atoms with Crippen LogP contribution in [0, 0.1) is 0 Å². The quantitative estimate of drug-likeness (QED) is 0.755. The molecule has 2 N–H and O–H groups in total. The summed E-state index contributed by atoms with van der Waals surface area (Å²) >= 11 is 0. The highest BCUT2D eigenvalue weighted by Gasteiger charge is 2.39. The standard InChI is InChI=1S/C14H28N2O2/c1-2-9-17-10-7-16-8-11-18-14(12-16)5-3-13(15)4-6-14/h13H,2-12,15H2,1H3. The van der Waals surface area contributed by atoms with Gasteiger partial charge in [-0.15, -0.1) is 0 Å². The number of ether oxygens (including phenoxy) is 2. The van der Waals surface area contributed by atoms with Gasteiger partial charge in [-0.1, -0.05) is 6.92 Å². The second kappa shape index (κ2) is 6.85. The molecule has 106 valence electrons. The molecule has 1 saturated carbocycles. The van der Waals surface area contributed by atoms with Crippen LogP contribution in [-0.2, 0) is 9.47 Å². The number of nitrogens with zero attached hydrogens (tertiary/aromatic N) is 1. The van der Waals surface area contributed by atoms with E-state index in [1.807, 2.05) is 0 Å². The van der Waals surface area contributed by atoms with Gasteiger partial charge in [0.2, 0.25) is 0 Å². The predicted octanol–water partition coefficient (Wildman–Crippen LogP) is 1.39. The van der Waals surface area contributed by atoms with Crippen LogP contribution < -0.4 is 5.73 Å². The molecular weight excluding hydrogens is 228 g/mol. The molecule has 1 saturated heterocycles. The van der Waals surface area contributed by atoms with E-state index >= 15 is 0 Å². The number of morpholine rings is 1. The van der Waals surface area contributed by atoms with Crippen LogP contribution >= 0.6 is 0 Å². The third kappa shape index (κ3) is 3.92. The summed E-state index contributed by atoms with van der Waals surface area (Å²) < 4.78 is 11.7. The molecule has 2 rings (SSSR count). The van der Waals surface area contributed by atoms with E-state index in [0.29, 0.717) is 6.04 Å². The second-order valence-electron chi connectivity index (χ2n) is 5.76. The molecule has 0 amide bonds. The molecular formula is C14H28N2O2. The molecule has 4 heteroatoms. The first kappa shape index (κ1) is 14.3. The fourth-order valence-corrected chi connectivity index (χ4v) is 3.02. The summed E-state index contributed by atoms with van der Waals surface area (Å²) in [5.41, 5.74) is 6.08. The van der Waals surface area contributed by atoms with Crippen molar-refractivity contribution in [3.63, 3.8) is 0 Å². The lowest BCUT2D eigenvalue weighted by molar-refractivity contribution is -0.131. The fourth-order valence-electron chi connectivity index (χ4n) is 3.02. The zero-order valence-corrected chi connectivity index (χ0v) is 11.7. The Hall–Kier alpha value is -0.160. The van der Waals surface area contributed by atoms with E-state index in [2.05, 4.69) is 11.8 Å². The van der Waals surface area contributed by atoms with Crippen molar-refractivity contribution >= 4 is 0 Å². The van der Waals surface area contributed by atoms with Crippen LogP contribution in [0.15, 0.2) is 0 Å². The molecule has 0 aromatic heterocycles. The minimum Gasteiger partial charge on any atom is -0.380 e. The number of nitrogens with two attached hydrogens (primary N) is 1. The molecule has 2 fully saturated rings. The van der Waals surface area contributed by atoms with E-state index in [1.54, 1.807) is 0 Å². The minimum absolute atomic E-state index is 0.0961. The van der Waals surface area contributed by atoms with Crippen LogP contribution in [0.4, 0.5) is 0 Å². The molecule has 0 bridgehead atoms. The molecule has 1 aliphatic carbocycles. The van der Waals surface area contributed by atoms with Gasteiger partial charge < -0.3 is 15.2 Å². The van der Waals surface area contributed by atoms with E-state index in [1.165, 1.54) is 0 Å². The highest BCUT2D eigenvalue weighted by Crippen LogP contribution is 2.33. The summed E-state index contributed by atoms with van der Waals surface area (Å²) in [7, 11) is 0. The Morgan fingerprint density at radius 3 is 2.83 bits per heavy atom. The van der Waals surface area contributed by atoms with Crippen molar-refractivity contribution < 1.29 is 9.47 Å². The van der Waals surface area contributed by atoms with Crippen molar-refractivity contribution in [3.8, 4) is 0 Å². The maximum Gasteiger partial charge on any atom is 0.0810 e. The minimum atomic E-state index is 0.0961. The summed E-state index contributed by atoms with van der Waals surface area (Å²) in [4.78, 5) is 2.50. The van der Waals surface area contributed by atoms with Gasteiger partial charge in [0.25, 0.3) is 0 Å². The van der Waals surface area contributed by atoms with Crippen molar-refractivity contribution in [1.29, 1.82) is 0 Å². The zero-order valence-electron chi connectivity index (χ0n) is 11.7. The van der Waals surface area contributed by atoms with Gasteiger partial charge in [0.1, 0.15) is 0 Å². The summed E-state index contributed by atoms with van der Waals surface area (Å²) in [5.74, 6) is 0. The predicted molar refractivity (Wildman–Crippen MR) is 72.7 cm³/mol. The molecule has 0 unspecified atom stereocenters. The molecule has 4 nitrogen and oxygen atoms in total. The Bertz CT molecular complexity index is 240.